The molecule has 1 aliphatic rings. The van der Waals surface area contributed by atoms with Crippen LogP contribution in [0.25, 0.3) is 0 Å². The Bertz CT molecular complexity index is 1110. The number of anilines is 3. The van der Waals surface area contributed by atoms with Crippen molar-refractivity contribution in [2.75, 3.05) is 28.0 Å². The van der Waals surface area contributed by atoms with Gasteiger partial charge in [0.15, 0.2) is 0 Å². The predicted octanol–water partition coefficient (Wildman–Crippen LogP) is 2.24. The number of pyridine rings is 1. The van der Waals surface area contributed by atoms with Gasteiger partial charge in [-0.15, -0.1) is 5.10 Å². The number of nitrogens with zero attached hydrogens (tertiary/aromatic N) is 4. The molecule has 0 bridgehead atoms. The largest absolute Gasteiger partial charge is 0.340 e. The van der Waals surface area contributed by atoms with Gasteiger partial charge in [-0.3, -0.25) is 19.8 Å². The van der Waals surface area contributed by atoms with Crippen molar-refractivity contribution in [3.8, 4) is 0 Å². The first-order chi connectivity index (χ1) is 14.5. The third-order valence-corrected chi connectivity index (χ3v) is 6.10. The molecule has 11 heteroatoms. The fraction of sp³-hybridized carbons (Fsp3) is 0.263. The van der Waals surface area contributed by atoms with Gasteiger partial charge in [0.2, 0.25) is 11.9 Å². The maximum absolute atomic E-state index is 12.5. The van der Waals surface area contributed by atoms with Gasteiger partial charge in [0.05, 0.1) is 10.6 Å². The molecule has 0 aliphatic carbocycles. The van der Waals surface area contributed by atoms with E-state index in [9.17, 15) is 13.2 Å². The summed E-state index contributed by atoms with van der Waals surface area (Å²) in [5, 5.41) is 9.53. The molecular weight excluding hydrogens is 406 g/mol. The maximum Gasteiger partial charge on any atom is 0.261 e. The highest BCUT2D eigenvalue weighted by molar-refractivity contribution is 7.92. The molecule has 156 valence electrons. The summed E-state index contributed by atoms with van der Waals surface area (Å²) in [5.41, 5.74) is 0.704. The monoisotopic (exact) mass is 427 g/mol. The van der Waals surface area contributed by atoms with Crippen molar-refractivity contribution in [2.24, 2.45) is 0 Å². The van der Waals surface area contributed by atoms with E-state index in [1.807, 2.05) is 0 Å². The van der Waals surface area contributed by atoms with Crippen LogP contribution >= 0.6 is 0 Å². The summed E-state index contributed by atoms with van der Waals surface area (Å²) in [7, 11) is -3.77. The van der Waals surface area contributed by atoms with Gasteiger partial charge < -0.3 is 4.90 Å². The number of H-pyrrole nitrogens is 1. The molecule has 1 aromatic carbocycles. The van der Waals surface area contributed by atoms with Gasteiger partial charge in [-0.05, 0) is 55.7 Å². The number of carbonyl (C=O) groups excluding carboxylic acids is 1. The van der Waals surface area contributed by atoms with E-state index in [1.54, 1.807) is 12.1 Å². The first-order valence-electron chi connectivity index (χ1n) is 9.53. The van der Waals surface area contributed by atoms with Gasteiger partial charge in [-0.2, -0.15) is 4.98 Å². The second-order valence-electron chi connectivity index (χ2n) is 6.85. The Morgan fingerprint density at radius 1 is 1.00 bits per heavy atom. The standard InChI is InChI=1S/C19H21N7O3S/c27-17(21-18-22-19(24-23-18)26-12-2-1-3-13-26)14-4-6-16(7-5-14)30(28,29)25-15-8-10-20-11-9-15/h4-11H,1-3,12-13H2,(H,20,25)(H2,21,22,23,24,27). The van der Waals surface area contributed by atoms with Gasteiger partial charge in [-0.25, -0.2) is 13.5 Å². The van der Waals surface area contributed by atoms with Crippen molar-refractivity contribution in [3.05, 3.63) is 54.4 Å². The van der Waals surface area contributed by atoms with Crippen LogP contribution in [0.4, 0.5) is 17.6 Å². The topological polar surface area (TPSA) is 133 Å². The summed E-state index contributed by atoms with van der Waals surface area (Å²) in [6.07, 6.45) is 6.38. The van der Waals surface area contributed by atoms with Crippen LogP contribution in [0.15, 0.2) is 53.7 Å². The maximum atomic E-state index is 12.5. The lowest BCUT2D eigenvalue weighted by Crippen LogP contribution is -2.30. The van der Waals surface area contributed by atoms with Gasteiger partial charge in [0.25, 0.3) is 15.9 Å². The molecule has 0 radical (unpaired) electrons. The number of sulfonamides is 1. The highest BCUT2D eigenvalue weighted by atomic mass is 32.2. The molecule has 4 rings (SSSR count). The van der Waals surface area contributed by atoms with Gasteiger partial charge >= 0.3 is 0 Å². The summed E-state index contributed by atoms with van der Waals surface area (Å²) in [4.78, 5) is 22.8. The summed E-state index contributed by atoms with van der Waals surface area (Å²) >= 11 is 0. The van der Waals surface area contributed by atoms with Crippen molar-refractivity contribution in [3.63, 3.8) is 0 Å². The number of aromatic amines is 1. The quantitative estimate of drug-likeness (QED) is 0.549. The summed E-state index contributed by atoms with van der Waals surface area (Å²) < 4.78 is 27.4. The molecule has 1 saturated heterocycles. The van der Waals surface area contributed by atoms with Crippen LogP contribution in [0.5, 0.6) is 0 Å². The Labute approximate surface area is 173 Å². The van der Waals surface area contributed by atoms with Crippen LogP contribution in [0.2, 0.25) is 0 Å². The average Bonchev–Trinajstić information content (AvgIpc) is 3.23. The minimum absolute atomic E-state index is 0.0444. The lowest BCUT2D eigenvalue weighted by Gasteiger charge is -2.24. The van der Waals surface area contributed by atoms with Crippen molar-refractivity contribution in [1.29, 1.82) is 0 Å². The molecular formula is C19H21N7O3S. The van der Waals surface area contributed by atoms with Crippen LogP contribution in [0.3, 0.4) is 0 Å². The van der Waals surface area contributed by atoms with E-state index < -0.39 is 15.9 Å². The lowest BCUT2D eigenvalue weighted by molar-refractivity contribution is 0.102. The highest BCUT2D eigenvalue weighted by Crippen LogP contribution is 2.18. The molecule has 3 N–H and O–H groups in total. The second-order valence-corrected chi connectivity index (χ2v) is 8.53. The van der Waals surface area contributed by atoms with Gasteiger partial charge in [-0.1, -0.05) is 0 Å². The molecule has 0 spiro atoms. The minimum Gasteiger partial charge on any atom is -0.340 e. The molecule has 0 saturated carbocycles. The Morgan fingerprint density at radius 3 is 2.40 bits per heavy atom. The SMILES string of the molecule is O=C(Nc1nc(N2CCCCC2)n[nH]1)c1ccc(S(=O)(=O)Nc2ccncc2)cc1. The number of carbonyl (C=O) groups is 1. The van der Waals surface area contributed by atoms with Crippen molar-refractivity contribution in [2.45, 2.75) is 24.2 Å². The van der Waals surface area contributed by atoms with Gasteiger partial charge in [0, 0.05) is 31.0 Å². The van der Waals surface area contributed by atoms with Gasteiger partial charge in [0.1, 0.15) is 0 Å². The third kappa shape index (κ3) is 4.57. The van der Waals surface area contributed by atoms with E-state index in [-0.39, 0.29) is 10.8 Å². The minimum atomic E-state index is -3.77. The number of nitrogens with one attached hydrogen (secondary N) is 3. The van der Waals surface area contributed by atoms with Crippen molar-refractivity contribution >= 4 is 33.5 Å². The Hall–Kier alpha value is -3.47. The van der Waals surface area contributed by atoms with Crippen LogP contribution in [-0.2, 0) is 10.0 Å². The summed E-state index contributed by atoms with van der Waals surface area (Å²) in [6, 6.07) is 8.73. The first kappa shape index (κ1) is 19.8. The van der Waals surface area contributed by atoms with E-state index >= 15 is 0 Å². The Balaban J connectivity index is 1.41. The van der Waals surface area contributed by atoms with Crippen molar-refractivity contribution < 1.29 is 13.2 Å². The summed E-state index contributed by atoms with van der Waals surface area (Å²) in [6.45, 7) is 1.80. The number of hydrogen-bond donors (Lipinski definition) is 3. The van der Waals surface area contributed by atoms with E-state index in [0.717, 1.165) is 25.9 Å². The number of aromatic nitrogens is 4. The first-order valence-corrected chi connectivity index (χ1v) is 11.0. The number of hydrogen-bond acceptors (Lipinski definition) is 7. The summed E-state index contributed by atoms with van der Waals surface area (Å²) in [5.74, 6) is 0.396. The molecule has 1 aliphatic heterocycles. The lowest BCUT2D eigenvalue weighted by atomic mass is 10.1. The Morgan fingerprint density at radius 2 is 1.70 bits per heavy atom. The zero-order valence-electron chi connectivity index (χ0n) is 16.1. The third-order valence-electron chi connectivity index (χ3n) is 4.70. The molecule has 2 aromatic heterocycles. The zero-order valence-corrected chi connectivity index (χ0v) is 16.9. The number of rotatable bonds is 6. The zero-order chi connectivity index (χ0) is 21.0. The highest BCUT2D eigenvalue weighted by Gasteiger charge is 2.18. The molecule has 1 fully saturated rings. The van der Waals surface area contributed by atoms with Crippen LogP contribution in [-0.4, -0.2) is 47.6 Å². The van der Waals surface area contributed by atoms with E-state index in [2.05, 4.69) is 35.1 Å². The number of amides is 1. The molecule has 0 unspecified atom stereocenters. The Kier molecular flexibility index (Phi) is 5.61. The fourth-order valence-corrected chi connectivity index (χ4v) is 4.20. The van der Waals surface area contributed by atoms with Crippen LogP contribution in [0, 0.1) is 0 Å². The molecule has 10 nitrogen and oxygen atoms in total. The van der Waals surface area contributed by atoms with E-state index in [1.165, 1.54) is 43.1 Å². The molecule has 3 aromatic rings. The normalized spacial score (nSPS) is 14.3. The smallest absolute Gasteiger partial charge is 0.261 e. The number of benzene rings is 1. The molecule has 3 heterocycles. The van der Waals surface area contributed by atoms with E-state index in [0.29, 0.717) is 17.2 Å². The molecule has 0 atom stereocenters. The average molecular weight is 427 g/mol. The predicted molar refractivity (Wildman–Crippen MR) is 112 cm³/mol. The van der Waals surface area contributed by atoms with E-state index in [4.69, 9.17) is 0 Å². The number of piperidine rings is 1. The molecule has 30 heavy (non-hydrogen) atoms. The van der Waals surface area contributed by atoms with Crippen molar-refractivity contribution in [1.82, 2.24) is 20.2 Å². The van der Waals surface area contributed by atoms with Crippen LogP contribution < -0.4 is 14.9 Å². The van der Waals surface area contributed by atoms with Crippen LogP contribution in [0.1, 0.15) is 29.6 Å². The molecule has 1 amide bonds. The second kappa shape index (κ2) is 8.49. The fourth-order valence-electron chi connectivity index (χ4n) is 3.14.